The molecule has 0 fully saturated rings. The maximum Gasteiger partial charge on any atom is 0.0443 e. The van der Waals surface area contributed by atoms with E-state index in [9.17, 15) is 0 Å². The minimum atomic E-state index is 0.955. The molecule has 0 heterocycles. The van der Waals surface area contributed by atoms with Gasteiger partial charge in [0.1, 0.15) is 0 Å². The maximum absolute atomic E-state index is 2.47. The summed E-state index contributed by atoms with van der Waals surface area (Å²) in [6, 6.07) is 41.1. The van der Waals surface area contributed by atoms with Gasteiger partial charge in [0.05, 0.1) is 0 Å². The van der Waals surface area contributed by atoms with Crippen molar-refractivity contribution in [2.75, 3.05) is 11.4 Å². The zero-order valence-electron chi connectivity index (χ0n) is 16.7. The average Bonchev–Trinajstić information content (AvgIpc) is 2.81. The highest BCUT2D eigenvalue weighted by molar-refractivity contribution is 5.66. The standard InChI is InChI=1S/C28H27N/c1-4-12-24(13-5-1)20-21-26-16-10-11-19-28(26)29(27-17-8-3-9-18-27)23-22-25-14-6-2-7-15-25/h1-19H,20-23H2. The third-order valence-corrected chi connectivity index (χ3v) is 5.34. The van der Waals surface area contributed by atoms with Crippen LogP contribution in [0.1, 0.15) is 16.7 Å². The van der Waals surface area contributed by atoms with E-state index < -0.39 is 0 Å². The third kappa shape index (κ3) is 5.14. The lowest BCUT2D eigenvalue weighted by molar-refractivity contribution is 0.890. The SMILES string of the molecule is c1ccc(CCc2ccccc2N(CCc2ccccc2)c2ccccc2)cc1. The van der Waals surface area contributed by atoms with E-state index >= 15 is 0 Å². The number of hydrogen-bond donors (Lipinski definition) is 0. The smallest absolute Gasteiger partial charge is 0.0443 e. The molecule has 0 saturated carbocycles. The van der Waals surface area contributed by atoms with E-state index in [0.717, 1.165) is 25.8 Å². The minimum absolute atomic E-state index is 0.955. The fraction of sp³-hybridized carbons (Fsp3) is 0.143. The normalized spacial score (nSPS) is 10.6. The number of hydrogen-bond acceptors (Lipinski definition) is 1. The zero-order valence-corrected chi connectivity index (χ0v) is 16.7. The van der Waals surface area contributed by atoms with E-state index in [4.69, 9.17) is 0 Å². The molecule has 0 unspecified atom stereocenters. The van der Waals surface area contributed by atoms with Gasteiger partial charge in [0.15, 0.2) is 0 Å². The number of aryl methyl sites for hydroxylation is 2. The van der Waals surface area contributed by atoms with Crippen molar-refractivity contribution in [3.05, 3.63) is 132 Å². The van der Waals surface area contributed by atoms with Crippen LogP contribution in [0.15, 0.2) is 115 Å². The van der Waals surface area contributed by atoms with Gasteiger partial charge in [-0.3, -0.25) is 0 Å². The van der Waals surface area contributed by atoms with E-state index in [2.05, 4.69) is 120 Å². The molecule has 4 aromatic rings. The first-order chi connectivity index (χ1) is 14.4. The van der Waals surface area contributed by atoms with Crippen LogP contribution in [0.5, 0.6) is 0 Å². The van der Waals surface area contributed by atoms with Crippen molar-refractivity contribution in [3.8, 4) is 0 Å². The Morgan fingerprint density at radius 2 is 0.966 bits per heavy atom. The molecule has 0 spiro atoms. The Kier molecular flexibility index (Phi) is 6.39. The predicted molar refractivity (Wildman–Crippen MR) is 124 cm³/mol. The summed E-state index contributed by atoms with van der Waals surface area (Å²) in [7, 11) is 0. The lowest BCUT2D eigenvalue weighted by atomic mass is 10.0. The highest BCUT2D eigenvalue weighted by Crippen LogP contribution is 2.29. The van der Waals surface area contributed by atoms with Gasteiger partial charge in [-0.15, -0.1) is 0 Å². The molecule has 0 aliphatic rings. The average molecular weight is 378 g/mol. The zero-order chi connectivity index (χ0) is 19.7. The van der Waals surface area contributed by atoms with Crippen LogP contribution < -0.4 is 4.90 Å². The molecule has 0 radical (unpaired) electrons. The summed E-state index contributed by atoms with van der Waals surface area (Å²) in [5.41, 5.74) is 6.71. The first-order valence-electron chi connectivity index (χ1n) is 10.4. The number of nitrogens with zero attached hydrogens (tertiary/aromatic N) is 1. The molecule has 0 bridgehead atoms. The van der Waals surface area contributed by atoms with Gasteiger partial charge >= 0.3 is 0 Å². The van der Waals surface area contributed by atoms with Crippen LogP contribution in [0.25, 0.3) is 0 Å². The Hall–Kier alpha value is -3.32. The number of benzene rings is 4. The summed E-state index contributed by atoms with van der Waals surface area (Å²) in [6.45, 7) is 0.955. The minimum Gasteiger partial charge on any atom is -0.341 e. The third-order valence-electron chi connectivity index (χ3n) is 5.34. The van der Waals surface area contributed by atoms with Crippen LogP contribution in [-0.4, -0.2) is 6.54 Å². The largest absolute Gasteiger partial charge is 0.341 e. The van der Waals surface area contributed by atoms with E-state index in [1.54, 1.807) is 0 Å². The van der Waals surface area contributed by atoms with Gasteiger partial charge in [-0.05, 0) is 54.2 Å². The maximum atomic E-state index is 2.47. The van der Waals surface area contributed by atoms with Gasteiger partial charge in [0.25, 0.3) is 0 Å². The fourth-order valence-corrected chi connectivity index (χ4v) is 3.79. The summed E-state index contributed by atoms with van der Waals surface area (Å²) in [4.78, 5) is 2.47. The van der Waals surface area contributed by atoms with Gasteiger partial charge < -0.3 is 4.90 Å². The molecule has 4 rings (SSSR count). The van der Waals surface area contributed by atoms with Crippen LogP contribution in [0.3, 0.4) is 0 Å². The molecule has 0 aliphatic carbocycles. The van der Waals surface area contributed by atoms with Gasteiger partial charge in [-0.2, -0.15) is 0 Å². The second kappa shape index (κ2) is 9.75. The van der Waals surface area contributed by atoms with Gasteiger partial charge in [0, 0.05) is 17.9 Å². The Morgan fingerprint density at radius 1 is 0.448 bits per heavy atom. The van der Waals surface area contributed by atoms with Crippen LogP contribution in [0.2, 0.25) is 0 Å². The van der Waals surface area contributed by atoms with Crippen LogP contribution in [-0.2, 0) is 19.3 Å². The van der Waals surface area contributed by atoms with E-state index in [1.807, 2.05) is 0 Å². The Bertz CT molecular complexity index is 994. The summed E-state index contributed by atoms with van der Waals surface area (Å²) >= 11 is 0. The first-order valence-corrected chi connectivity index (χ1v) is 10.4. The highest BCUT2D eigenvalue weighted by atomic mass is 15.1. The summed E-state index contributed by atoms with van der Waals surface area (Å²) in [5.74, 6) is 0. The van der Waals surface area contributed by atoms with Crippen molar-refractivity contribution >= 4 is 11.4 Å². The topological polar surface area (TPSA) is 3.24 Å². The molecule has 29 heavy (non-hydrogen) atoms. The molecule has 0 aromatic heterocycles. The molecule has 0 aliphatic heterocycles. The van der Waals surface area contributed by atoms with Gasteiger partial charge in [0.2, 0.25) is 0 Å². The summed E-state index contributed by atoms with van der Waals surface area (Å²) in [6.07, 6.45) is 3.11. The lowest BCUT2D eigenvalue weighted by Crippen LogP contribution is -2.21. The molecule has 4 aromatic carbocycles. The first kappa shape index (κ1) is 19.0. The molecule has 1 nitrogen and oxygen atoms in total. The van der Waals surface area contributed by atoms with Crippen molar-refractivity contribution in [3.63, 3.8) is 0 Å². The van der Waals surface area contributed by atoms with Crippen LogP contribution in [0.4, 0.5) is 11.4 Å². The number of para-hydroxylation sites is 2. The molecular formula is C28H27N. The van der Waals surface area contributed by atoms with Crippen molar-refractivity contribution in [2.45, 2.75) is 19.3 Å². The highest BCUT2D eigenvalue weighted by Gasteiger charge is 2.13. The Labute approximate surface area is 174 Å². The fourth-order valence-electron chi connectivity index (χ4n) is 3.79. The molecule has 0 N–H and O–H groups in total. The predicted octanol–water partition coefficient (Wildman–Crippen LogP) is 6.85. The Balaban J connectivity index is 1.60. The second-order valence-corrected chi connectivity index (χ2v) is 7.34. The molecule has 1 heteroatoms. The van der Waals surface area contributed by atoms with Crippen molar-refractivity contribution < 1.29 is 0 Å². The van der Waals surface area contributed by atoms with E-state index in [1.165, 1.54) is 28.1 Å². The lowest BCUT2D eigenvalue weighted by Gasteiger charge is -2.27. The van der Waals surface area contributed by atoms with E-state index in [0.29, 0.717) is 0 Å². The summed E-state index contributed by atoms with van der Waals surface area (Å²) < 4.78 is 0. The second-order valence-electron chi connectivity index (χ2n) is 7.34. The quantitative estimate of drug-likeness (QED) is 0.324. The van der Waals surface area contributed by atoms with Crippen LogP contribution in [0, 0.1) is 0 Å². The molecule has 144 valence electrons. The molecule has 0 amide bonds. The number of rotatable bonds is 8. The van der Waals surface area contributed by atoms with Crippen molar-refractivity contribution in [1.29, 1.82) is 0 Å². The Morgan fingerprint density at radius 3 is 1.62 bits per heavy atom. The van der Waals surface area contributed by atoms with Crippen molar-refractivity contribution in [2.24, 2.45) is 0 Å². The van der Waals surface area contributed by atoms with Crippen molar-refractivity contribution in [1.82, 2.24) is 0 Å². The molecule has 0 atom stereocenters. The van der Waals surface area contributed by atoms with Crippen LogP contribution >= 0.6 is 0 Å². The van der Waals surface area contributed by atoms with E-state index in [-0.39, 0.29) is 0 Å². The molecule has 0 saturated heterocycles. The number of anilines is 2. The molecular weight excluding hydrogens is 350 g/mol. The summed E-state index contributed by atoms with van der Waals surface area (Å²) in [5, 5.41) is 0. The monoisotopic (exact) mass is 377 g/mol. The van der Waals surface area contributed by atoms with Gasteiger partial charge in [-0.1, -0.05) is 97.1 Å². The van der Waals surface area contributed by atoms with Gasteiger partial charge in [-0.25, -0.2) is 0 Å².